The zero-order valence-electron chi connectivity index (χ0n) is 15.3. The SMILES string of the molecule is CC[C@@H](O)Cn1nc(CCSC)nc1-c1cc(=O)n(C)c2ccccc12. The number of aromatic nitrogens is 4. The van der Waals surface area contributed by atoms with Gasteiger partial charge in [-0.05, 0) is 18.7 Å². The van der Waals surface area contributed by atoms with Crippen LogP contribution < -0.4 is 5.56 Å². The van der Waals surface area contributed by atoms with Crippen LogP contribution in [-0.2, 0) is 20.0 Å². The normalized spacial score (nSPS) is 12.6. The van der Waals surface area contributed by atoms with Crippen LogP contribution in [-0.4, -0.2) is 42.6 Å². The summed E-state index contributed by atoms with van der Waals surface area (Å²) in [4.78, 5) is 17.2. The van der Waals surface area contributed by atoms with Crippen LogP contribution in [0.25, 0.3) is 22.3 Å². The molecule has 2 heterocycles. The van der Waals surface area contributed by atoms with Crippen LogP contribution in [0, 0.1) is 0 Å². The number of nitrogens with zero attached hydrogens (tertiary/aromatic N) is 4. The summed E-state index contributed by atoms with van der Waals surface area (Å²) in [5, 5.41) is 15.7. The van der Waals surface area contributed by atoms with Crippen LogP contribution in [0.5, 0.6) is 0 Å². The maximum atomic E-state index is 12.4. The van der Waals surface area contributed by atoms with Crippen molar-refractivity contribution in [3.8, 4) is 11.4 Å². The maximum Gasteiger partial charge on any atom is 0.251 e. The molecule has 7 heteroatoms. The van der Waals surface area contributed by atoms with Gasteiger partial charge in [-0.3, -0.25) is 4.79 Å². The number of rotatable bonds is 7. The van der Waals surface area contributed by atoms with Gasteiger partial charge < -0.3 is 9.67 Å². The first kappa shape index (κ1) is 18.7. The lowest BCUT2D eigenvalue weighted by molar-refractivity contribution is 0.145. The van der Waals surface area contributed by atoms with Gasteiger partial charge in [0, 0.05) is 36.2 Å². The molecule has 0 spiro atoms. The molecule has 138 valence electrons. The number of aliphatic hydroxyl groups excluding tert-OH is 1. The zero-order valence-corrected chi connectivity index (χ0v) is 16.2. The highest BCUT2D eigenvalue weighted by Gasteiger charge is 2.18. The minimum absolute atomic E-state index is 0.0880. The molecule has 0 saturated carbocycles. The van der Waals surface area contributed by atoms with Crippen LogP contribution in [0.3, 0.4) is 0 Å². The van der Waals surface area contributed by atoms with Crippen LogP contribution >= 0.6 is 11.8 Å². The molecule has 1 N–H and O–H groups in total. The van der Waals surface area contributed by atoms with E-state index >= 15 is 0 Å². The highest BCUT2D eigenvalue weighted by Crippen LogP contribution is 2.26. The van der Waals surface area contributed by atoms with Crippen molar-refractivity contribution in [1.82, 2.24) is 19.3 Å². The summed E-state index contributed by atoms with van der Waals surface area (Å²) in [7, 11) is 1.77. The van der Waals surface area contributed by atoms with Gasteiger partial charge in [0.25, 0.3) is 5.56 Å². The third kappa shape index (κ3) is 3.68. The van der Waals surface area contributed by atoms with Crippen molar-refractivity contribution in [1.29, 1.82) is 0 Å². The Kier molecular flexibility index (Phi) is 5.78. The Hall–Kier alpha value is -2.12. The highest BCUT2D eigenvalue weighted by molar-refractivity contribution is 7.98. The molecule has 6 nitrogen and oxygen atoms in total. The fourth-order valence-electron chi connectivity index (χ4n) is 2.94. The van der Waals surface area contributed by atoms with E-state index < -0.39 is 6.10 Å². The quantitative estimate of drug-likeness (QED) is 0.690. The van der Waals surface area contributed by atoms with Crippen molar-refractivity contribution in [2.75, 3.05) is 12.0 Å². The van der Waals surface area contributed by atoms with Crippen molar-refractivity contribution in [2.45, 2.75) is 32.4 Å². The summed E-state index contributed by atoms with van der Waals surface area (Å²) < 4.78 is 3.38. The van der Waals surface area contributed by atoms with Gasteiger partial charge in [0.2, 0.25) is 0 Å². The van der Waals surface area contributed by atoms with E-state index in [-0.39, 0.29) is 5.56 Å². The molecule has 0 saturated heterocycles. The lowest BCUT2D eigenvalue weighted by Gasteiger charge is -2.13. The molecule has 3 rings (SSSR count). The number of hydrogen-bond acceptors (Lipinski definition) is 5. The fraction of sp³-hybridized carbons (Fsp3) is 0.421. The van der Waals surface area contributed by atoms with Gasteiger partial charge in [0.15, 0.2) is 11.6 Å². The van der Waals surface area contributed by atoms with Crippen molar-refractivity contribution in [2.24, 2.45) is 7.05 Å². The first-order chi connectivity index (χ1) is 12.5. The van der Waals surface area contributed by atoms with Crippen molar-refractivity contribution in [3.05, 3.63) is 46.5 Å². The Bertz CT molecular complexity index is 964. The first-order valence-corrected chi connectivity index (χ1v) is 10.1. The standard InChI is InChI=1S/C19H24N4O2S/c1-4-13(24)12-23-19(20-17(21-23)9-10-26-3)15-11-18(25)22(2)16-8-6-5-7-14(15)16/h5-8,11,13,24H,4,9-10,12H2,1-3H3/t13-/m1/s1. The smallest absolute Gasteiger partial charge is 0.251 e. The Morgan fingerprint density at radius 3 is 2.81 bits per heavy atom. The lowest BCUT2D eigenvalue weighted by atomic mass is 10.1. The highest BCUT2D eigenvalue weighted by atomic mass is 32.2. The largest absolute Gasteiger partial charge is 0.391 e. The van der Waals surface area contributed by atoms with E-state index in [1.165, 1.54) is 0 Å². The summed E-state index contributed by atoms with van der Waals surface area (Å²) in [5.74, 6) is 2.31. The van der Waals surface area contributed by atoms with Gasteiger partial charge in [-0.15, -0.1) is 0 Å². The van der Waals surface area contributed by atoms with E-state index in [0.717, 1.165) is 34.5 Å². The number of fused-ring (bicyclic) bond motifs is 1. The molecule has 0 aliphatic rings. The fourth-order valence-corrected chi connectivity index (χ4v) is 3.33. The molecule has 1 atom stereocenters. The number of aliphatic hydroxyl groups is 1. The van der Waals surface area contributed by atoms with Crippen LogP contribution in [0.1, 0.15) is 19.2 Å². The number of hydrogen-bond donors (Lipinski definition) is 1. The van der Waals surface area contributed by atoms with E-state index in [9.17, 15) is 9.90 Å². The molecule has 26 heavy (non-hydrogen) atoms. The third-order valence-corrected chi connectivity index (χ3v) is 5.11. The summed E-state index contributed by atoms with van der Waals surface area (Å²) >= 11 is 1.74. The van der Waals surface area contributed by atoms with Gasteiger partial charge in [-0.1, -0.05) is 25.1 Å². The number of para-hydroxylation sites is 1. The van der Waals surface area contributed by atoms with Gasteiger partial charge in [0.1, 0.15) is 0 Å². The Labute approximate surface area is 156 Å². The van der Waals surface area contributed by atoms with E-state index in [2.05, 4.69) is 5.10 Å². The summed E-state index contributed by atoms with van der Waals surface area (Å²) in [6.45, 7) is 2.30. The molecule has 1 aromatic carbocycles. The average Bonchev–Trinajstić information content (AvgIpc) is 3.05. The molecule has 0 fully saturated rings. The van der Waals surface area contributed by atoms with Gasteiger partial charge >= 0.3 is 0 Å². The average molecular weight is 372 g/mol. The van der Waals surface area contributed by atoms with Gasteiger partial charge in [-0.2, -0.15) is 16.9 Å². The van der Waals surface area contributed by atoms with Crippen molar-refractivity contribution in [3.63, 3.8) is 0 Å². The second-order valence-electron chi connectivity index (χ2n) is 6.31. The van der Waals surface area contributed by atoms with Crippen molar-refractivity contribution < 1.29 is 5.11 Å². The molecule has 0 amide bonds. The van der Waals surface area contributed by atoms with E-state index in [0.29, 0.717) is 18.8 Å². The molecule has 0 radical (unpaired) electrons. The van der Waals surface area contributed by atoms with Crippen LogP contribution in [0.4, 0.5) is 0 Å². The minimum atomic E-state index is -0.498. The molecule has 0 unspecified atom stereocenters. The Morgan fingerprint density at radius 1 is 1.31 bits per heavy atom. The molecule has 3 aromatic rings. The van der Waals surface area contributed by atoms with E-state index in [4.69, 9.17) is 4.98 Å². The zero-order chi connectivity index (χ0) is 18.7. The predicted octanol–water partition coefficient (Wildman–Crippen LogP) is 2.47. The van der Waals surface area contributed by atoms with E-state index in [1.807, 2.05) is 37.4 Å². The molecular formula is C19H24N4O2S. The Morgan fingerprint density at radius 2 is 2.08 bits per heavy atom. The van der Waals surface area contributed by atoms with Crippen LogP contribution in [0.15, 0.2) is 35.1 Å². The molecule has 0 aliphatic heterocycles. The van der Waals surface area contributed by atoms with E-state index in [1.54, 1.807) is 34.1 Å². The number of thioether (sulfide) groups is 1. The monoisotopic (exact) mass is 372 g/mol. The van der Waals surface area contributed by atoms with Gasteiger partial charge in [-0.25, -0.2) is 9.67 Å². The molecular weight excluding hydrogens is 348 g/mol. The Balaban J connectivity index is 2.19. The minimum Gasteiger partial charge on any atom is -0.391 e. The summed E-state index contributed by atoms with van der Waals surface area (Å²) in [6, 6.07) is 9.39. The summed E-state index contributed by atoms with van der Waals surface area (Å²) in [5.41, 5.74) is 1.52. The number of pyridine rings is 1. The number of aryl methyl sites for hydroxylation is 2. The predicted molar refractivity (Wildman–Crippen MR) is 107 cm³/mol. The number of benzene rings is 1. The summed E-state index contributed by atoms with van der Waals surface area (Å²) in [6.07, 6.45) is 2.94. The molecule has 2 aromatic heterocycles. The second kappa shape index (κ2) is 8.05. The second-order valence-corrected chi connectivity index (χ2v) is 7.30. The molecule has 0 bridgehead atoms. The third-order valence-electron chi connectivity index (χ3n) is 4.50. The first-order valence-electron chi connectivity index (χ1n) is 8.75. The molecule has 0 aliphatic carbocycles. The maximum absolute atomic E-state index is 12.4. The van der Waals surface area contributed by atoms with Crippen LogP contribution in [0.2, 0.25) is 0 Å². The van der Waals surface area contributed by atoms with Crippen molar-refractivity contribution >= 4 is 22.7 Å². The topological polar surface area (TPSA) is 72.9 Å². The lowest BCUT2D eigenvalue weighted by Crippen LogP contribution is -2.19. The van der Waals surface area contributed by atoms with Gasteiger partial charge in [0.05, 0.1) is 18.2 Å².